The summed E-state index contributed by atoms with van der Waals surface area (Å²) in [6, 6.07) is 11.7. The molecule has 1 heterocycles. The average molecular weight is 359 g/mol. The molecular formula is C22H21N3O2. The van der Waals surface area contributed by atoms with E-state index >= 15 is 0 Å². The van der Waals surface area contributed by atoms with Gasteiger partial charge in [-0.2, -0.15) is 5.26 Å². The maximum absolute atomic E-state index is 10.3. The number of benzene rings is 2. The number of hydrogen-bond acceptors (Lipinski definition) is 4. The van der Waals surface area contributed by atoms with Gasteiger partial charge in [-0.1, -0.05) is 12.1 Å². The summed E-state index contributed by atoms with van der Waals surface area (Å²) >= 11 is 0. The van der Waals surface area contributed by atoms with Gasteiger partial charge in [0.2, 0.25) is 0 Å². The molecule has 0 saturated heterocycles. The molecule has 5 nitrogen and oxygen atoms in total. The summed E-state index contributed by atoms with van der Waals surface area (Å²) in [7, 11) is 0. The third kappa shape index (κ3) is 3.85. The van der Waals surface area contributed by atoms with E-state index in [1.807, 2.05) is 38.1 Å². The zero-order valence-corrected chi connectivity index (χ0v) is 15.4. The number of H-pyrrole nitrogens is 1. The minimum absolute atomic E-state index is 0.103. The van der Waals surface area contributed by atoms with E-state index in [9.17, 15) is 10.4 Å². The predicted octanol–water partition coefficient (Wildman–Crippen LogP) is 4.77. The van der Waals surface area contributed by atoms with E-state index in [0.29, 0.717) is 35.7 Å². The summed E-state index contributed by atoms with van der Waals surface area (Å²) < 4.78 is 5.53. The number of nitriles is 1. The maximum atomic E-state index is 10.3. The van der Waals surface area contributed by atoms with Crippen molar-refractivity contribution in [3.63, 3.8) is 0 Å². The molecule has 3 rings (SSSR count). The van der Waals surface area contributed by atoms with Gasteiger partial charge in [-0.15, -0.1) is 6.58 Å². The minimum atomic E-state index is 0.103. The van der Waals surface area contributed by atoms with Crippen molar-refractivity contribution in [2.45, 2.75) is 20.3 Å². The van der Waals surface area contributed by atoms with Gasteiger partial charge in [-0.25, -0.2) is 4.98 Å². The number of nitrogens with one attached hydrogen (secondary N) is 1. The van der Waals surface area contributed by atoms with Crippen LogP contribution in [0.2, 0.25) is 0 Å². The zero-order chi connectivity index (χ0) is 19.4. The van der Waals surface area contributed by atoms with E-state index in [4.69, 9.17) is 4.74 Å². The van der Waals surface area contributed by atoms with Crippen molar-refractivity contribution >= 4 is 22.7 Å². The second-order valence-electron chi connectivity index (χ2n) is 6.23. The number of phenols is 1. The minimum Gasteiger partial charge on any atom is -0.504 e. The number of rotatable bonds is 6. The zero-order valence-electron chi connectivity index (χ0n) is 15.4. The van der Waals surface area contributed by atoms with Crippen molar-refractivity contribution in [2.24, 2.45) is 0 Å². The quantitative estimate of drug-likeness (QED) is 0.491. The van der Waals surface area contributed by atoms with Crippen molar-refractivity contribution in [3.05, 3.63) is 65.5 Å². The summed E-state index contributed by atoms with van der Waals surface area (Å²) in [5, 5.41) is 20.0. The van der Waals surface area contributed by atoms with Crippen molar-refractivity contribution in [2.75, 3.05) is 6.61 Å². The second kappa shape index (κ2) is 7.79. The summed E-state index contributed by atoms with van der Waals surface area (Å²) in [5.74, 6) is 1.00. The Labute approximate surface area is 158 Å². The van der Waals surface area contributed by atoms with Gasteiger partial charge in [0, 0.05) is 5.56 Å². The second-order valence-corrected chi connectivity index (χ2v) is 6.23. The van der Waals surface area contributed by atoms with E-state index in [0.717, 1.165) is 22.2 Å². The van der Waals surface area contributed by atoms with Gasteiger partial charge < -0.3 is 14.8 Å². The van der Waals surface area contributed by atoms with Gasteiger partial charge in [0.05, 0.1) is 23.2 Å². The molecule has 2 N–H and O–H groups in total. The molecule has 27 heavy (non-hydrogen) atoms. The molecule has 0 aliphatic carbocycles. The van der Waals surface area contributed by atoms with E-state index in [1.54, 1.807) is 18.2 Å². The largest absolute Gasteiger partial charge is 0.504 e. The predicted molar refractivity (Wildman–Crippen MR) is 107 cm³/mol. The number of aryl methyl sites for hydroxylation is 1. The van der Waals surface area contributed by atoms with Gasteiger partial charge in [0.1, 0.15) is 11.9 Å². The molecule has 0 aliphatic heterocycles. The molecule has 0 atom stereocenters. The van der Waals surface area contributed by atoms with Gasteiger partial charge >= 0.3 is 0 Å². The standard InChI is InChI=1S/C22H21N3O2/c1-4-6-16-10-15(12-20(21(16)26)27-5-2)11-17(13-23)22-24-18-8-7-14(3)9-19(18)25-22/h4,7-12,26H,1,5-6H2,2-3H3,(H,24,25)/b17-11+. The first-order chi connectivity index (χ1) is 13.0. The lowest BCUT2D eigenvalue weighted by atomic mass is 10.0. The highest BCUT2D eigenvalue weighted by Crippen LogP contribution is 2.33. The molecule has 3 aromatic rings. The van der Waals surface area contributed by atoms with E-state index < -0.39 is 0 Å². The Morgan fingerprint density at radius 1 is 1.37 bits per heavy atom. The first-order valence-electron chi connectivity index (χ1n) is 8.73. The average Bonchev–Trinajstić information content (AvgIpc) is 3.06. The molecule has 0 spiro atoms. The molecular weight excluding hydrogens is 338 g/mol. The summed E-state index contributed by atoms with van der Waals surface area (Å²) in [4.78, 5) is 7.71. The van der Waals surface area contributed by atoms with Gasteiger partial charge in [-0.05, 0) is 61.7 Å². The maximum Gasteiger partial charge on any atom is 0.161 e. The molecule has 0 fully saturated rings. The van der Waals surface area contributed by atoms with E-state index in [1.165, 1.54) is 0 Å². The third-order valence-corrected chi connectivity index (χ3v) is 4.16. The molecule has 5 heteroatoms. The molecule has 2 aromatic carbocycles. The molecule has 136 valence electrons. The fourth-order valence-electron chi connectivity index (χ4n) is 2.92. The highest BCUT2D eigenvalue weighted by molar-refractivity contribution is 5.90. The Morgan fingerprint density at radius 2 is 2.19 bits per heavy atom. The van der Waals surface area contributed by atoms with Gasteiger partial charge in [-0.3, -0.25) is 0 Å². The SMILES string of the molecule is C=CCc1cc(/C=C(\C#N)c2nc3ccc(C)cc3[nH]2)cc(OCC)c1O. The Balaban J connectivity index is 2.08. The molecule has 0 aliphatic rings. The number of nitrogens with zero attached hydrogens (tertiary/aromatic N) is 2. The molecule has 0 bridgehead atoms. The van der Waals surface area contributed by atoms with E-state index in [2.05, 4.69) is 22.6 Å². The Hall–Kier alpha value is -3.52. The van der Waals surface area contributed by atoms with Crippen LogP contribution in [0.3, 0.4) is 0 Å². The number of phenolic OH excluding ortho intramolecular Hbond substituents is 1. The number of fused-ring (bicyclic) bond motifs is 1. The molecule has 0 saturated carbocycles. The number of ether oxygens (including phenoxy) is 1. The number of imidazole rings is 1. The monoisotopic (exact) mass is 359 g/mol. The van der Waals surface area contributed by atoms with E-state index in [-0.39, 0.29) is 5.75 Å². The number of aromatic hydroxyl groups is 1. The highest BCUT2D eigenvalue weighted by Gasteiger charge is 2.12. The highest BCUT2D eigenvalue weighted by atomic mass is 16.5. The van der Waals surface area contributed by atoms with Crippen LogP contribution in [0.5, 0.6) is 11.5 Å². The van der Waals surface area contributed by atoms with Crippen LogP contribution in [0.1, 0.15) is 29.4 Å². The Morgan fingerprint density at radius 3 is 2.89 bits per heavy atom. The number of allylic oxidation sites excluding steroid dienone is 2. The van der Waals surface area contributed by atoms with Crippen molar-refractivity contribution in [1.29, 1.82) is 5.26 Å². The lowest BCUT2D eigenvalue weighted by Crippen LogP contribution is -1.95. The lowest BCUT2D eigenvalue weighted by Gasteiger charge is -2.11. The summed E-state index contributed by atoms with van der Waals surface area (Å²) in [6.07, 6.45) is 3.95. The number of hydrogen-bond donors (Lipinski definition) is 2. The first kappa shape index (κ1) is 18.3. The van der Waals surface area contributed by atoms with Gasteiger partial charge in [0.15, 0.2) is 11.5 Å². The van der Waals surface area contributed by atoms with Crippen LogP contribution in [-0.4, -0.2) is 21.7 Å². The van der Waals surface area contributed by atoms with Crippen molar-refractivity contribution in [3.8, 4) is 17.6 Å². The normalized spacial score (nSPS) is 11.4. The third-order valence-electron chi connectivity index (χ3n) is 4.16. The van der Waals surface area contributed by atoms with Crippen LogP contribution in [0.25, 0.3) is 22.7 Å². The van der Waals surface area contributed by atoms with Crippen LogP contribution in [0.4, 0.5) is 0 Å². The fourth-order valence-corrected chi connectivity index (χ4v) is 2.92. The van der Waals surface area contributed by atoms with Crippen LogP contribution < -0.4 is 4.74 Å². The van der Waals surface area contributed by atoms with Crippen LogP contribution in [-0.2, 0) is 6.42 Å². The summed E-state index contributed by atoms with van der Waals surface area (Å²) in [6.45, 7) is 8.02. The first-order valence-corrected chi connectivity index (χ1v) is 8.73. The lowest BCUT2D eigenvalue weighted by molar-refractivity contribution is 0.317. The summed E-state index contributed by atoms with van der Waals surface area (Å²) in [5.41, 5.74) is 4.67. The topological polar surface area (TPSA) is 81.9 Å². The Bertz CT molecular complexity index is 1070. The Kier molecular flexibility index (Phi) is 5.28. The van der Waals surface area contributed by atoms with Crippen LogP contribution >= 0.6 is 0 Å². The molecule has 0 radical (unpaired) electrons. The van der Waals surface area contributed by atoms with Crippen LogP contribution in [0.15, 0.2) is 43.0 Å². The number of aromatic amines is 1. The van der Waals surface area contributed by atoms with Crippen molar-refractivity contribution < 1.29 is 9.84 Å². The molecule has 1 aromatic heterocycles. The van der Waals surface area contributed by atoms with Crippen LogP contribution in [0, 0.1) is 18.3 Å². The number of aromatic nitrogens is 2. The molecule has 0 unspecified atom stereocenters. The fraction of sp³-hybridized carbons (Fsp3) is 0.182. The molecule has 0 amide bonds. The smallest absolute Gasteiger partial charge is 0.161 e. The van der Waals surface area contributed by atoms with Gasteiger partial charge in [0.25, 0.3) is 0 Å². The van der Waals surface area contributed by atoms with Crippen molar-refractivity contribution in [1.82, 2.24) is 9.97 Å².